The summed E-state index contributed by atoms with van der Waals surface area (Å²) in [5.74, 6) is 1.47. The molecular weight excluding hydrogens is 310 g/mol. The number of aromatic nitrogens is 1. The van der Waals surface area contributed by atoms with E-state index >= 15 is 0 Å². The van der Waals surface area contributed by atoms with Gasteiger partial charge in [-0.25, -0.2) is 4.98 Å². The molecule has 1 aliphatic rings. The van der Waals surface area contributed by atoms with E-state index in [1.807, 2.05) is 24.3 Å². The second-order valence-corrected chi connectivity index (χ2v) is 7.84. The smallest absolute Gasteiger partial charge is 0.124 e. The number of benzene rings is 1. The summed E-state index contributed by atoms with van der Waals surface area (Å²) in [6.45, 7) is 8.52. The van der Waals surface area contributed by atoms with Crippen molar-refractivity contribution < 1.29 is 4.74 Å². The van der Waals surface area contributed by atoms with Gasteiger partial charge >= 0.3 is 0 Å². The Morgan fingerprint density at radius 3 is 2.76 bits per heavy atom. The zero-order valence-electron chi connectivity index (χ0n) is 15.5. The highest BCUT2D eigenvalue weighted by molar-refractivity contribution is 5.67. The lowest BCUT2D eigenvalue weighted by Gasteiger charge is -2.24. The minimum absolute atomic E-state index is 0.00596. The second-order valence-electron chi connectivity index (χ2n) is 7.84. The van der Waals surface area contributed by atoms with Gasteiger partial charge in [0.2, 0.25) is 0 Å². The molecule has 1 aromatic heterocycles. The van der Waals surface area contributed by atoms with Gasteiger partial charge in [-0.1, -0.05) is 26.8 Å². The molecule has 1 saturated heterocycles. The topological polar surface area (TPSA) is 60.2 Å². The molecule has 2 aromatic rings. The molecule has 1 aromatic carbocycles. The van der Waals surface area contributed by atoms with Crippen LogP contribution in [-0.2, 0) is 5.41 Å². The van der Waals surface area contributed by atoms with E-state index in [-0.39, 0.29) is 5.41 Å². The number of hydrogen-bond acceptors (Lipinski definition) is 4. The number of hydrogen-bond donors (Lipinski definition) is 2. The number of pyridine rings is 1. The fourth-order valence-electron chi connectivity index (χ4n) is 3.38. The Hall–Kier alpha value is -2.07. The first-order valence-electron chi connectivity index (χ1n) is 9.17. The monoisotopic (exact) mass is 339 g/mol. The highest BCUT2D eigenvalue weighted by atomic mass is 16.5. The van der Waals surface area contributed by atoms with E-state index in [1.54, 1.807) is 0 Å². The van der Waals surface area contributed by atoms with E-state index < -0.39 is 0 Å². The van der Waals surface area contributed by atoms with Gasteiger partial charge in [0.15, 0.2) is 0 Å². The molecule has 25 heavy (non-hydrogen) atoms. The van der Waals surface area contributed by atoms with Gasteiger partial charge in [-0.3, -0.25) is 0 Å². The normalized spacial score (nSPS) is 17.6. The maximum Gasteiger partial charge on any atom is 0.124 e. The third-order valence-corrected chi connectivity index (χ3v) is 4.74. The van der Waals surface area contributed by atoms with Crippen LogP contribution in [0.25, 0.3) is 11.3 Å². The van der Waals surface area contributed by atoms with E-state index in [1.165, 1.54) is 18.4 Å². The Kier molecular flexibility index (Phi) is 5.28. The summed E-state index contributed by atoms with van der Waals surface area (Å²) in [5.41, 5.74) is 9.11. The predicted octanol–water partition coefficient (Wildman–Crippen LogP) is 4.15. The van der Waals surface area contributed by atoms with Gasteiger partial charge < -0.3 is 15.8 Å². The molecule has 0 spiro atoms. The van der Waals surface area contributed by atoms with Gasteiger partial charge in [0.1, 0.15) is 11.6 Å². The molecule has 3 rings (SSSR count). The largest absolute Gasteiger partial charge is 0.494 e. The number of ether oxygens (including phenoxy) is 1. The van der Waals surface area contributed by atoms with E-state index in [0.717, 1.165) is 36.6 Å². The molecular formula is C21H29N3O. The van der Waals surface area contributed by atoms with Crippen LogP contribution >= 0.6 is 0 Å². The van der Waals surface area contributed by atoms with Gasteiger partial charge in [-0.2, -0.15) is 0 Å². The fourth-order valence-corrected chi connectivity index (χ4v) is 3.38. The van der Waals surface area contributed by atoms with Crippen LogP contribution < -0.4 is 15.8 Å². The van der Waals surface area contributed by atoms with Gasteiger partial charge in [-0.05, 0) is 67.1 Å². The van der Waals surface area contributed by atoms with Crippen molar-refractivity contribution in [3.63, 3.8) is 0 Å². The molecule has 1 fully saturated rings. The lowest BCUT2D eigenvalue weighted by molar-refractivity contribution is 0.291. The van der Waals surface area contributed by atoms with Gasteiger partial charge in [0, 0.05) is 11.6 Å². The van der Waals surface area contributed by atoms with Crippen LogP contribution in [0.3, 0.4) is 0 Å². The number of rotatable bonds is 5. The molecule has 0 radical (unpaired) electrons. The van der Waals surface area contributed by atoms with E-state index in [2.05, 4.69) is 43.2 Å². The van der Waals surface area contributed by atoms with Crippen molar-refractivity contribution in [2.45, 2.75) is 51.5 Å². The van der Waals surface area contributed by atoms with Crippen molar-refractivity contribution in [3.05, 3.63) is 42.0 Å². The van der Waals surface area contributed by atoms with Crippen molar-refractivity contribution in [1.29, 1.82) is 0 Å². The van der Waals surface area contributed by atoms with Gasteiger partial charge in [0.25, 0.3) is 0 Å². The van der Waals surface area contributed by atoms with Gasteiger partial charge in [0.05, 0.1) is 12.3 Å². The van der Waals surface area contributed by atoms with Crippen molar-refractivity contribution in [3.8, 4) is 17.0 Å². The number of nitrogens with zero attached hydrogens (tertiary/aromatic N) is 1. The summed E-state index contributed by atoms with van der Waals surface area (Å²) in [4.78, 5) is 4.49. The molecule has 0 amide bonds. The molecule has 1 atom stereocenters. The third-order valence-electron chi connectivity index (χ3n) is 4.74. The molecule has 1 unspecified atom stereocenters. The molecule has 3 N–H and O–H groups in total. The summed E-state index contributed by atoms with van der Waals surface area (Å²) < 4.78 is 6.03. The summed E-state index contributed by atoms with van der Waals surface area (Å²) in [6, 6.07) is 12.7. The van der Waals surface area contributed by atoms with Crippen LogP contribution in [0.2, 0.25) is 0 Å². The lowest BCUT2D eigenvalue weighted by atomic mass is 9.82. The van der Waals surface area contributed by atoms with Crippen LogP contribution in [0.5, 0.6) is 5.75 Å². The number of nitrogens with two attached hydrogens (primary N) is 1. The maximum absolute atomic E-state index is 6.03. The van der Waals surface area contributed by atoms with E-state index in [0.29, 0.717) is 11.9 Å². The van der Waals surface area contributed by atoms with Crippen LogP contribution in [0.4, 0.5) is 5.82 Å². The Morgan fingerprint density at radius 1 is 1.24 bits per heavy atom. The van der Waals surface area contributed by atoms with E-state index in [9.17, 15) is 0 Å². The van der Waals surface area contributed by atoms with E-state index in [4.69, 9.17) is 10.5 Å². The zero-order valence-corrected chi connectivity index (χ0v) is 15.5. The molecule has 1 aliphatic heterocycles. The summed E-state index contributed by atoms with van der Waals surface area (Å²) >= 11 is 0. The standard InChI is InChI=1S/C21H29N3O/c1-21(2,3)18-14-16(25-13-11-15-6-5-12-23-15)9-10-17(18)19-7-4-8-20(22)24-19/h4,7-10,14-15,23H,5-6,11-13H2,1-3H3,(H2,22,24). The summed E-state index contributed by atoms with van der Waals surface area (Å²) in [6.07, 6.45) is 3.60. The quantitative estimate of drug-likeness (QED) is 0.859. The Bertz CT molecular complexity index is 715. The van der Waals surface area contributed by atoms with Crippen LogP contribution in [-0.4, -0.2) is 24.2 Å². The highest BCUT2D eigenvalue weighted by Gasteiger charge is 2.21. The van der Waals surface area contributed by atoms with Gasteiger partial charge in [-0.15, -0.1) is 0 Å². The Labute approximate surface area is 150 Å². The van der Waals surface area contributed by atoms with Crippen molar-refractivity contribution in [2.24, 2.45) is 0 Å². The molecule has 0 saturated carbocycles. The van der Waals surface area contributed by atoms with Crippen LogP contribution in [0.1, 0.15) is 45.6 Å². The first-order chi connectivity index (χ1) is 11.9. The lowest BCUT2D eigenvalue weighted by Crippen LogP contribution is -2.23. The van der Waals surface area contributed by atoms with Crippen molar-refractivity contribution in [2.75, 3.05) is 18.9 Å². The Morgan fingerprint density at radius 2 is 2.08 bits per heavy atom. The maximum atomic E-state index is 6.03. The fraction of sp³-hybridized carbons (Fsp3) is 0.476. The molecule has 134 valence electrons. The van der Waals surface area contributed by atoms with Crippen LogP contribution in [0, 0.1) is 0 Å². The summed E-state index contributed by atoms with van der Waals surface area (Å²) in [7, 11) is 0. The second kappa shape index (κ2) is 7.44. The first kappa shape index (κ1) is 17.7. The molecule has 2 heterocycles. The number of nitrogens with one attached hydrogen (secondary N) is 1. The number of anilines is 1. The first-order valence-corrected chi connectivity index (χ1v) is 9.17. The third kappa shape index (κ3) is 4.51. The molecule has 4 heteroatoms. The van der Waals surface area contributed by atoms with Crippen LogP contribution in [0.15, 0.2) is 36.4 Å². The zero-order chi connectivity index (χ0) is 17.9. The minimum atomic E-state index is -0.00596. The van der Waals surface area contributed by atoms with Crippen molar-refractivity contribution in [1.82, 2.24) is 10.3 Å². The molecule has 0 bridgehead atoms. The Balaban J connectivity index is 1.80. The van der Waals surface area contributed by atoms with Crippen molar-refractivity contribution >= 4 is 5.82 Å². The minimum Gasteiger partial charge on any atom is -0.494 e. The average molecular weight is 339 g/mol. The SMILES string of the molecule is CC(C)(C)c1cc(OCCC2CCCN2)ccc1-c1cccc(N)n1. The molecule has 0 aliphatic carbocycles. The predicted molar refractivity (Wildman–Crippen MR) is 104 cm³/mol. The summed E-state index contributed by atoms with van der Waals surface area (Å²) in [5, 5.41) is 3.51. The average Bonchev–Trinajstić information content (AvgIpc) is 3.07. The number of nitrogen functional groups attached to an aromatic ring is 1. The highest BCUT2D eigenvalue weighted by Crippen LogP contribution is 2.35. The molecule has 4 nitrogen and oxygen atoms in total.